The number of ether oxygens (including phenoxy) is 1. The molecule has 26 heavy (non-hydrogen) atoms. The molecule has 0 unspecified atom stereocenters. The van der Waals surface area contributed by atoms with Crippen molar-refractivity contribution in [1.29, 1.82) is 0 Å². The van der Waals surface area contributed by atoms with Crippen LogP contribution in [0.5, 0.6) is 5.75 Å². The zero-order valence-electron chi connectivity index (χ0n) is 15.2. The van der Waals surface area contributed by atoms with Crippen molar-refractivity contribution in [1.82, 2.24) is 4.90 Å². The quantitative estimate of drug-likeness (QED) is 0.375. The summed E-state index contributed by atoms with van der Waals surface area (Å²) in [7, 11) is 1.69. The molecule has 138 valence electrons. The second-order valence-corrected chi connectivity index (χ2v) is 9.80. The molecule has 0 N–H and O–H groups in total. The number of carbonyl (C=O) groups is 1. The van der Waals surface area contributed by atoms with Crippen molar-refractivity contribution in [3.05, 3.63) is 39.9 Å². The predicted molar refractivity (Wildman–Crippen MR) is 114 cm³/mol. The van der Waals surface area contributed by atoms with Gasteiger partial charge in [0.05, 0.1) is 0 Å². The molecule has 2 heterocycles. The number of thioether (sulfide) groups is 1. The third-order valence-electron chi connectivity index (χ3n) is 4.24. The van der Waals surface area contributed by atoms with Gasteiger partial charge in [-0.3, -0.25) is 0 Å². The summed E-state index contributed by atoms with van der Waals surface area (Å²) in [5.41, 5.74) is 1.21. The molecule has 4 nitrogen and oxygen atoms in total. The van der Waals surface area contributed by atoms with Crippen LogP contribution in [-0.2, 0) is 4.79 Å². The molecule has 3 rings (SSSR count). The van der Waals surface area contributed by atoms with Crippen LogP contribution in [0.3, 0.4) is 0 Å². The summed E-state index contributed by atoms with van der Waals surface area (Å²) < 4.78 is 8.63. The first-order valence-electron chi connectivity index (χ1n) is 8.68. The number of unbranched alkanes of at least 4 members (excludes halogenated alkanes) is 1. The molecule has 2 aliphatic heterocycles. The maximum atomic E-state index is 12.6. The minimum atomic E-state index is 0.0398. The van der Waals surface area contributed by atoms with Crippen LogP contribution >= 0.6 is 24.0 Å². The van der Waals surface area contributed by atoms with Crippen LogP contribution in [-0.4, -0.2) is 50.3 Å². The number of thiocarbonyl (C=S) groups is 1. The van der Waals surface area contributed by atoms with E-state index in [1.54, 1.807) is 12.0 Å². The van der Waals surface area contributed by atoms with E-state index >= 15 is 0 Å². The SMILES string of the molecule is CCCCN1C(=O)C(=CC=C2[Se]c3ccc(OC)cc3N2CC)SC1=S. The van der Waals surface area contributed by atoms with Crippen LogP contribution in [0.2, 0.25) is 0 Å². The number of hydrogen-bond donors (Lipinski definition) is 0. The van der Waals surface area contributed by atoms with Crippen molar-refractivity contribution in [2.75, 3.05) is 25.1 Å². The van der Waals surface area contributed by atoms with Gasteiger partial charge in [-0.2, -0.15) is 0 Å². The molecule has 0 bridgehead atoms. The predicted octanol–water partition coefficient (Wildman–Crippen LogP) is 3.25. The average molecular weight is 453 g/mol. The third kappa shape index (κ3) is 3.86. The van der Waals surface area contributed by atoms with E-state index in [1.165, 1.54) is 26.5 Å². The average Bonchev–Trinajstić information content (AvgIpc) is 3.14. The number of anilines is 1. The molecule has 1 fully saturated rings. The monoisotopic (exact) mass is 454 g/mol. The fourth-order valence-corrected chi connectivity index (χ4v) is 6.40. The van der Waals surface area contributed by atoms with Gasteiger partial charge in [-0.15, -0.1) is 0 Å². The van der Waals surface area contributed by atoms with E-state index in [-0.39, 0.29) is 20.9 Å². The Morgan fingerprint density at radius 2 is 2.08 bits per heavy atom. The number of hydrogen-bond acceptors (Lipinski definition) is 5. The Balaban J connectivity index is 1.81. The standard InChI is InChI=1S/C19H22N2O2S2Se/c1-4-6-11-21-18(22)15(25-19(21)24)8-10-17-20(5-2)14-12-13(23-3)7-9-16(14)26-17/h7-10,12H,4-6,11H2,1-3H3. The Hall–Kier alpha value is -1.27. The van der Waals surface area contributed by atoms with E-state index in [4.69, 9.17) is 17.0 Å². The van der Waals surface area contributed by atoms with Gasteiger partial charge in [0.2, 0.25) is 0 Å². The van der Waals surface area contributed by atoms with Crippen LogP contribution < -0.4 is 14.1 Å². The molecule has 1 amide bonds. The number of nitrogens with zero attached hydrogens (tertiary/aromatic N) is 2. The molecule has 1 aromatic rings. The molecule has 7 heteroatoms. The van der Waals surface area contributed by atoms with Crippen molar-refractivity contribution in [3.8, 4) is 5.75 Å². The molecule has 0 spiro atoms. The van der Waals surface area contributed by atoms with Gasteiger partial charge >= 0.3 is 171 Å². The summed E-state index contributed by atoms with van der Waals surface area (Å²) in [6.45, 7) is 5.86. The van der Waals surface area contributed by atoms with Crippen LogP contribution in [0.4, 0.5) is 5.69 Å². The molecular formula is C19H22N2O2S2Se. The van der Waals surface area contributed by atoms with Crippen molar-refractivity contribution in [2.45, 2.75) is 26.7 Å². The molecule has 1 saturated heterocycles. The number of rotatable bonds is 6. The first-order chi connectivity index (χ1) is 12.6. The van der Waals surface area contributed by atoms with E-state index < -0.39 is 0 Å². The summed E-state index contributed by atoms with van der Waals surface area (Å²) >= 11 is 7.01. The number of benzene rings is 1. The Bertz CT molecular complexity index is 792. The van der Waals surface area contributed by atoms with Crippen molar-refractivity contribution < 1.29 is 9.53 Å². The Kier molecular flexibility index (Phi) is 6.46. The molecule has 2 aliphatic rings. The number of allylic oxidation sites excluding steroid dienone is 2. The number of amides is 1. The van der Waals surface area contributed by atoms with Crippen LogP contribution in [0.25, 0.3) is 0 Å². The normalized spacial score (nSPS) is 19.8. The van der Waals surface area contributed by atoms with Crippen molar-refractivity contribution >= 4 is 59.3 Å². The topological polar surface area (TPSA) is 32.8 Å². The van der Waals surface area contributed by atoms with E-state index in [0.29, 0.717) is 10.9 Å². The van der Waals surface area contributed by atoms with Gasteiger partial charge in [-0.25, -0.2) is 0 Å². The number of methoxy groups -OCH3 is 1. The number of fused-ring (bicyclic) bond motifs is 1. The van der Waals surface area contributed by atoms with Crippen LogP contribution in [0.15, 0.2) is 39.9 Å². The van der Waals surface area contributed by atoms with Gasteiger partial charge in [0.1, 0.15) is 0 Å². The first-order valence-corrected chi connectivity index (χ1v) is 11.6. The van der Waals surface area contributed by atoms with Gasteiger partial charge in [0.15, 0.2) is 0 Å². The van der Waals surface area contributed by atoms with Gasteiger partial charge in [0.25, 0.3) is 0 Å². The van der Waals surface area contributed by atoms with Gasteiger partial charge < -0.3 is 0 Å². The number of carbonyl (C=O) groups excluding carboxylic acids is 1. The molecule has 0 aliphatic carbocycles. The summed E-state index contributed by atoms with van der Waals surface area (Å²) in [5, 5.41) is 0. The maximum absolute atomic E-state index is 12.6. The summed E-state index contributed by atoms with van der Waals surface area (Å²) in [6.07, 6.45) is 6.05. The Morgan fingerprint density at radius 1 is 1.27 bits per heavy atom. The van der Waals surface area contributed by atoms with E-state index in [2.05, 4.69) is 37.0 Å². The van der Waals surface area contributed by atoms with Crippen LogP contribution in [0, 0.1) is 0 Å². The second-order valence-electron chi connectivity index (χ2n) is 5.89. The Labute approximate surface area is 170 Å². The molecule has 0 radical (unpaired) electrons. The molecule has 0 aromatic heterocycles. The van der Waals surface area contributed by atoms with Crippen LogP contribution in [0.1, 0.15) is 26.7 Å². The zero-order valence-corrected chi connectivity index (χ0v) is 18.5. The van der Waals surface area contributed by atoms with Crippen molar-refractivity contribution in [3.63, 3.8) is 0 Å². The summed E-state index contributed by atoms with van der Waals surface area (Å²) in [4.78, 5) is 17.3. The minimum absolute atomic E-state index is 0.0398. The Morgan fingerprint density at radius 3 is 2.77 bits per heavy atom. The molecular weight excluding hydrogens is 431 g/mol. The second kappa shape index (κ2) is 8.61. The van der Waals surface area contributed by atoms with E-state index in [9.17, 15) is 4.79 Å². The van der Waals surface area contributed by atoms with Gasteiger partial charge in [0, 0.05) is 0 Å². The van der Waals surface area contributed by atoms with E-state index in [0.717, 1.165) is 30.0 Å². The van der Waals surface area contributed by atoms with Crippen molar-refractivity contribution in [2.24, 2.45) is 0 Å². The molecule has 0 atom stereocenters. The fourth-order valence-electron chi connectivity index (χ4n) is 2.83. The molecule has 1 aromatic carbocycles. The summed E-state index contributed by atoms with van der Waals surface area (Å²) in [5.74, 6) is 0.911. The van der Waals surface area contributed by atoms with Gasteiger partial charge in [-0.05, 0) is 0 Å². The zero-order chi connectivity index (χ0) is 18.7. The van der Waals surface area contributed by atoms with E-state index in [1.807, 2.05) is 12.1 Å². The fraction of sp³-hybridized carbons (Fsp3) is 0.368. The summed E-state index contributed by atoms with van der Waals surface area (Å²) in [6, 6.07) is 6.24. The molecule has 0 saturated carbocycles. The first kappa shape index (κ1) is 19.5. The van der Waals surface area contributed by atoms with Gasteiger partial charge in [-0.1, -0.05) is 0 Å². The third-order valence-corrected chi connectivity index (χ3v) is 8.01.